The van der Waals surface area contributed by atoms with Crippen LogP contribution in [0.2, 0.25) is 0 Å². The van der Waals surface area contributed by atoms with E-state index in [0.29, 0.717) is 18.1 Å². The molecule has 2 heterocycles. The van der Waals surface area contributed by atoms with Gasteiger partial charge in [-0.1, -0.05) is 12.1 Å². The van der Waals surface area contributed by atoms with Gasteiger partial charge < -0.3 is 19.9 Å². The monoisotopic (exact) mass is 380 g/mol. The molecule has 0 bridgehead atoms. The zero-order valence-corrected chi connectivity index (χ0v) is 16.3. The second-order valence-electron chi connectivity index (χ2n) is 6.84. The molecule has 26 heavy (non-hydrogen) atoms. The van der Waals surface area contributed by atoms with Gasteiger partial charge in [0.05, 0.1) is 24.3 Å². The summed E-state index contributed by atoms with van der Waals surface area (Å²) in [6.07, 6.45) is 0.744. The Hall–Kier alpha value is -1.96. The van der Waals surface area contributed by atoms with Gasteiger partial charge >= 0.3 is 0 Å². The molecule has 1 aromatic carbocycles. The number of para-hydroxylation sites is 2. The lowest BCUT2D eigenvalue weighted by molar-refractivity contribution is 0.364. The molecular formula is C18H28N4O3S. The van der Waals surface area contributed by atoms with Crippen LogP contribution in [-0.4, -0.2) is 77.7 Å². The Labute approximate surface area is 156 Å². The summed E-state index contributed by atoms with van der Waals surface area (Å²) in [4.78, 5) is 8.94. The quantitative estimate of drug-likeness (QED) is 0.616. The number of methoxy groups -OCH3 is 1. The minimum atomic E-state index is -2.83. The smallest absolute Gasteiger partial charge is 0.193 e. The second-order valence-corrected chi connectivity index (χ2v) is 9.07. The van der Waals surface area contributed by atoms with E-state index in [4.69, 9.17) is 4.74 Å². The van der Waals surface area contributed by atoms with Crippen LogP contribution in [0, 0.1) is 5.92 Å². The van der Waals surface area contributed by atoms with Gasteiger partial charge in [-0.3, -0.25) is 4.99 Å². The number of hydrogen-bond acceptors (Lipinski definition) is 5. The third-order valence-electron chi connectivity index (χ3n) is 5.09. The fourth-order valence-electron chi connectivity index (χ4n) is 3.65. The van der Waals surface area contributed by atoms with Gasteiger partial charge in [-0.2, -0.15) is 0 Å². The average Bonchev–Trinajstić information content (AvgIpc) is 3.01. The highest BCUT2D eigenvalue weighted by Crippen LogP contribution is 2.28. The maximum Gasteiger partial charge on any atom is 0.193 e. The van der Waals surface area contributed by atoms with Crippen molar-refractivity contribution in [2.75, 3.05) is 63.3 Å². The molecule has 8 heteroatoms. The number of aliphatic imine (C=N–C) groups is 1. The standard InChI is InChI=1S/C18H28N4O3S/c1-19-18(20-13-15-7-12-26(23,24)14-15)22-10-8-21(9-11-22)16-5-3-4-6-17(16)25-2/h3-6,15H,7-14H2,1-2H3,(H,19,20). The SMILES string of the molecule is CN=C(NCC1CCS(=O)(=O)C1)N1CCN(c2ccccc2OC)CC1. The number of benzene rings is 1. The van der Waals surface area contributed by atoms with E-state index in [2.05, 4.69) is 26.2 Å². The lowest BCUT2D eigenvalue weighted by atomic mass is 10.1. The molecule has 2 aliphatic rings. The van der Waals surface area contributed by atoms with Crippen molar-refractivity contribution in [3.63, 3.8) is 0 Å². The van der Waals surface area contributed by atoms with Crippen molar-refractivity contribution in [1.82, 2.24) is 10.2 Å². The Kier molecular flexibility index (Phi) is 5.90. The van der Waals surface area contributed by atoms with Gasteiger partial charge in [-0.25, -0.2) is 8.42 Å². The fraction of sp³-hybridized carbons (Fsp3) is 0.611. The Bertz CT molecular complexity index is 743. The third-order valence-corrected chi connectivity index (χ3v) is 6.93. The summed E-state index contributed by atoms with van der Waals surface area (Å²) in [5, 5.41) is 3.36. The molecule has 2 saturated heterocycles. The number of rotatable bonds is 4. The molecule has 1 atom stereocenters. The molecule has 0 aromatic heterocycles. The van der Waals surface area contributed by atoms with E-state index in [0.717, 1.165) is 50.0 Å². The van der Waals surface area contributed by atoms with Crippen molar-refractivity contribution in [3.8, 4) is 5.75 Å². The van der Waals surface area contributed by atoms with E-state index in [1.165, 1.54) is 0 Å². The number of ether oxygens (including phenoxy) is 1. The number of anilines is 1. The summed E-state index contributed by atoms with van der Waals surface area (Å²) in [6.45, 7) is 4.16. The molecule has 144 valence electrons. The molecule has 2 fully saturated rings. The van der Waals surface area contributed by atoms with Gasteiger partial charge in [-0.05, 0) is 24.5 Å². The van der Waals surface area contributed by atoms with Gasteiger partial charge in [0.25, 0.3) is 0 Å². The van der Waals surface area contributed by atoms with Gasteiger partial charge in [0.1, 0.15) is 5.75 Å². The van der Waals surface area contributed by atoms with Crippen LogP contribution in [0.1, 0.15) is 6.42 Å². The summed E-state index contributed by atoms with van der Waals surface area (Å²) in [6, 6.07) is 8.08. The van der Waals surface area contributed by atoms with Gasteiger partial charge in [0, 0.05) is 39.8 Å². The first-order valence-corrected chi connectivity index (χ1v) is 10.9. The predicted molar refractivity (Wildman–Crippen MR) is 105 cm³/mol. The molecule has 7 nitrogen and oxygen atoms in total. The molecule has 0 amide bonds. The van der Waals surface area contributed by atoms with Crippen LogP contribution >= 0.6 is 0 Å². The largest absolute Gasteiger partial charge is 0.495 e. The number of sulfone groups is 1. The molecule has 1 N–H and O–H groups in total. The number of guanidine groups is 1. The van der Waals surface area contributed by atoms with Gasteiger partial charge in [-0.15, -0.1) is 0 Å². The first-order chi connectivity index (χ1) is 12.5. The second kappa shape index (κ2) is 8.16. The summed E-state index contributed by atoms with van der Waals surface area (Å²) in [5.74, 6) is 2.54. The highest BCUT2D eigenvalue weighted by atomic mass is 32.2. The minimum Gasteiger partial charge on any atom is -0.495 e. The van der Waals surface area contributed by atoms with Crippen LogP contribution in [0.15, 0.2) is 29.3 Å². The van der Waals surface area contributed by atoms with Crippen molar-refractivity contribution < 1.29 is 13.2 Å². The van der Waals surface area contributed by atoms with Crippen LogP contribution in [0.25, 0.3) is 0 Å². The summed E-state index contributed by atoms with van der Waals surface area (Å²) in [7, 11) is 0.645. The van der Waals surface area contributed by atoms with Crippen LogP contribution in [0.3, 0.4) is 0 Å². The highest BCUT2D eigenvalue weighted by molar-refractivity contribution is 7.91. The zero-order chi connectivity index (χ0) is 18.6. The molecule has 1 aromatic rings. The number of piperazine rings is 1. The lowest BCUT2D eigenvalue weighted by Gasteiger charge is -2.38. The van der Waals surface area contributed by atoms with Crippen LogP contribution < -0.4 is 15.0 Å². The number of nitrogens with one attached hydrogen (secondary N) is 1. The topological polar surface area (TPSA) is 74.2 Å². The maximum absolute atomic E-state index is 11.6. The first-order valence-electron chi connectivity index (χ1n) is 9.06. The lowest BCUT2D eigenvalue weighted by Crippen LogP contribution is -2.53. The normalized spacial score (nSPS) is 23.2. The molecule has 0 radical (unpaired) electrons. The minimum absolute atomic E-state index is 0.187. The van der Waals surface area contributed by atoms with Crippen molar-refractivity contribution in [2.24, 2.45) is 10.9 Å². The van der Waals surface area contributed by atoms with Crippen molar-refractivity contribution in [1.29, 1.82) is 0 Å². The van der Waals surface area contributed by atoms with E-state index in [1.807, 2.05) is 18.2 Å². The van der Waals surface area contributed by atoms with Crippen LogP contribution in [-0.2, 0) is 9.84 Å². The molecule has 0 spiro atoms. The Morgan fingerprint density at radius 3 is 2.62 bits per heavy atom. The summed E-state index contributed by atoms with van der Waals surface area (Å²) >= 11 is 0. The molecule has 0 aliphatic carbocycles. The Balaban J connectivity index is 1.53. The number of nitrogens with zero attached hydrogens (tertiary/aromatic N) is 3. The van der Waals surface area contributed by atoms with E-state index in [-0.39, 0.29) is 5.92 Å². The summed E-state index contributed by atoms with van der Waals surface area (Å²) in [5.41, 5.74) is 1.12. The first kappa shape index (κ1) is 18.8. The van der Waals surface area contributed by atoms with E-state index in [9.17, 15) is 8.42 Å². The third kappa shape index (κ3) is 4.41. The molecule has 0 saturated carbocycles. The van der Waals surface area contributed by atoms with Crippen molar-refractivity contribution in [3.05, 3.63) is 24.3 Å². The van der Waals surface area contributed by atoms with Crippen molar-refractivity contribution in [2.45, 2.75) is 6.42 Å². The van der Waals surface area contributed by atoms with E-state index in [1.54, 1.807) is 14.2 Å². The van der Waals surface area contributed by atoms with Gasteiger partial charge in [0.2, 0.25) is 0 Å². The summed E-state index contributed by atoms with van der Waals surface area (Å²) < 4.78 is 28.7. The molecule has 2 aliphatic heterocycles. The van der Waals surface area contributed by atoms with E-state index < -0.39 is 9.84 Å². The van der Waals surface area contributed by atoms with Crippen molar-refractivity contribution >= 4 is 21.5 Å². The van der Waals surface area contributed by atoms with Crippen LogP contribution in [0.5, 0.6) is 5.75 Å². The van der Waals surface area contributed by atoms with Crippen LogP contribution in [0.4, 0.5) is 5.69 Å². The molecular weight excluding hydrogens is 352 g/mol. The predicted octanol–water partition coefficient (Wildman–Crippen LogP) is 0.827. The average molecular weight is 381 g/mol. The fourth-order valence-corrected chi connectivity index (χ4v) is 5.51. The highest BCUT2D eigenvalue weighted by Gasteiger charge is 2.28. The number of hydrogen-bond donors (Lipinski definition) is 1. The zero-order valence-electron chi connectivity index (χ0n) is 15.5. The maximum atomic E-state index is 11.6. The van der Waals surface area contributed by atoms with Gasteiger partial charge in [0.15, 0.2) is 15.8 Å². The Morgan fingerprint density at radius 2 is 2.00 bits per heavy atom. The van der Waals surface area contributed by atoms with E-state index >= 15 is 0 Å². The molecule has 3 rings (SSSR count). The Morgan fingerprint density at radius 1 is 1.27 bits per heavy atom. The molecule has 1 unspecified atom stereocenters.